The van der Waals surface area contributed by atoms with Crippen LogP contribution in [0.2, 0.25) is 4.47 Å². The second-order valence-corrected chi connectivity index (χ2v) is 5.01. The van der Waals surface area contributed by atoms with E-state index in [1.165, 1.54) is 16.2 Å². The van der Waals surface area contributed by atoms with Crippen molar-refractivity contribution in [3.05, 3.63) is 15.5 Å². The Labute approximate surface area is 81.8 Å². The van der Waals surface area contributed by atoms with E-state index in [0.717, 1.165) is 6.42 Å². The van der Waals surface area contributed by atoms with Crippen LogP contribution >= 0.6 is 22.9 Å². The Morgan fingerprint density at radius 2 is 2.33 bits per heavy atom. The number of rotatable bonds is 3. The maximum Gasteiger partial charge on any atom is 0.183 e. The minimum Gasteiger partial charge on any atom is -0.330 e. The van der Waals surface area contributed by atoms with Gasteiger partial charge in [0, 0.05) is 16.5 Å². The Morgan fingerprint density at radius 1 is 1.67 bits per heavy atom. The van der Waals surface area contributed by atoms with Crippen molar-refractivity contribution in [2.45, 2.75) is 25.7 Å². The molecule has 0 radical (unpaired) electrons. The molecule has 0 atom stereocenters. The topological polar surface area (TPSA) is 38.9 Å². The third kappa shape index (κ3) is 2.19. The molecule has 1 aromatic rings. The zero-order chi connectivity index (χ0) is 9.19. The van der Waals surface area contributed by atoms with Gasteiger partial charge in [0.05, 0.1) is 0 Å². The number of thiazole rings is 1. The predicted molar refractivity (Wildman–Crippen MR) is 53.8 cm³/mol. The highest BCUT2D eigenvalue weighted by atomic mass is 35.5. The van der Waals surface area contributed by atoms with Gasteiger partial charge in [0.15, 0.2) is 4.47 Å². The van der Waals surface area contributed by atoms with E-state index < -0.39 is 0 Å². The van der Waals surface area contributed by atoms with E-state index >= 15 is 0 Å². The lowest BCUT2D eigenvalue weighted by Gasteiger charge is -2.21. The van der Waals surface area contributed by atoms with Crippen molar-refractivity contribution in [2.75, 3.05) is 6.54 Å². The number of halogens is 1. The molecule has 0 aliphatic carbocycles. The molecule has 0 saturated heterocycles. The first-order chi connectivity index (χ1) is 5.56. The molecule has 0 spiro atoms. The van der Waals surface area contributed by atoms with Gasteiger partial charge in [-0.05, 0) is 13.0 Å². The van der Waals surface area contributed by atoms with Crippen LogP contribution in [0.25, 0.3) is 0 Å². The molecule has 0 aliphatic rings. The summed E-state index contributed by atoms with van der Waals surface area (Å²) in [6.45, 7) is 5.01. The van der Waals surface area contributed by atoms with E-state index in [-0.39, 0.29) is 5.41 Å². The summed E-state index contributed by atoms with van der Waals surface area (Å²) in [4.78, 5) is 5.21. The second-order valence-electron chi connectivity index (χ2n) is 3.40. The van der Waals surface area contributed by atoms with E-state index in [1.807, 2.05) is 6.20 Å². The van der Waals surface area contributed by atoms with E-state index in [2.05, 4.69) is 18.8 Å². The van der Waals surface area contributed by atoms with Gasteiger partial charge in [-0.3, -0.25) is 0 Å². The number of nitrogens with zero attached hydrogens (tertiary/aromatic N) is 1. The minimum absolute atomic E-state index is 0.111. The van der Waals surface area contributed by atoms with Gasteiger partial charge in [-0.1, -0.05) is 25.4 Å². The predicted octanol–water partition coefficient (Wildman–Crippen LogP) is 2.42. The average Bonchev–Trinajstić information content (AvgIpc) is 2.36. The summed E-state index contributed by atoms with van der Waals surface area (Å²) in [5.74, 6) is 0. The number of aromatic nitrogens is 1. The molecule has 0 unspecified atom stereocenters. The number of nitrogens with two attached hydrogens (primary N) is 1. The standard InChI is InChI=1S/C8H13ClN2S/c1-8(2,3-4-10)6-5-11-7(9)12-6/h5H,3-4,10H2,1-2H3. The largest absolute Gasteiger partial charge is 0.330 e. The summed E-state index contributed by atoms with van der Waals surface area (Å²) in [6.07, 6.45) is 2.80. The lowest BCUT2D eigenvalue weighted by atomic mass is 9.88. The Kier molecular flexibility index (Phi) is 3.09. The summed E-state index contributed by atoms with van der Waals surface area (Å²) in [7, 11) is 0. The van der Waals surface area contributed by atoms with Crippen LogP contribution in [0.3, 0.4) is 0 Å². The summed E-state index contributed by atoms with van der Waals surface area (Å²) in [5, 5.41) is 0. The molecule has 0 bridgehead atoms. The molecule has 2 nitrogen and oxygen atoms in total. The maximum atomic E-state index is 5.74. The number of hydrogen-bond donors (Lipinski definition) is 1. The van der Waals surface area contributed by atoms with Gasteiger partial charge < -0.3 is 5.73 Å². The first-order valence-corrected chi connectivity index (χ1v) is 5.07. The molecule has 0 saturated carbocycles. The van der Waals surface area contributed by atoms with Gasteiger partial charge in [0.1, 0.15) is 0 Å². The molecule has 0 fully saturated rings. The van der Waals surface area contributed by atoms with E-state index in [9.17, 15) is 0 Å². The summed E-state index contributed by atoms with van der Waals surface area (Å²) < 4.78 is 0.607. The molecular weight excluding hydrogens is 192 g/mol. The van der Waals surface area contributed by atoms with E-state index in [0.29, 0.717) is 11.0 Å². The van der Waals surface area contributed by atoms with Crippen LogP contribution in [0, 0.1) is 0 Å². The summed E-state index contributed by atoms with van der Waals surface area (Å²) >= 11 is 7.28. The maximum absolute atomic E-state index is 5.74. The average molecular weight is 205 g/mol. The molecule has 0 aliphatic heterocycles. The fourth-order valence-corrected chi connectivity index (χ4v) is 2.12. The smallest absolute Gasteiger partial charge is 0.183 e. The van der Waals surface area contributed by atoms with Crippen LogP contribution in [0.15, 0.2) is 6.20 Å². The van der Waals surface area contributed by atoms with Gasteiger partial charge in [-0.25, -0.2) is 4.98 Å². The van der Waals surface area contributed by atoms with Crippen molar-refractivity contribution in [3.8, 4) is 0 Å². The molecular formula is C8H13ClN2S. The molecule has 4 heteroatoms. The molecule has 0 amide bonds. The Hall–Kier alpha value is -0.120. The Bertz CT molecular complexity index is 257. The Balaban J connectivity index is 2.81. The monoisotopic (exact) mass is 204 g/mol. The fraction of sp³-hybridized carbons (Fsp3) is 0.625. The van der Waals surface area contributed by atoms with Crippen molar-refractivity contribution in [3.63, 3.8) is 0 Å². The minimum atomic E-state index is 0.111. The molecule has 12 heavy (non-hydrogen) atoms. The van der Waals surface area contributed by atoms with Gasteiger partial charge in [0.25, 0.3) is 0 Å². The molecule has 1 heterocycles. The number of hydrogen-bond acceptors (Lipinski definition) is 3. The Morgan fingerprint density at radius 3 is 2.75 bits per heavy atom. The van der Waals surface area contributed by atoms with Crippen LogP contribution in [-0.4, -0.2) is 11.5 Å². The summed E-state index contributed by atoms with van der Waals surface area (Å²) in [5.41, 5.74) is 5.62. The highest BCUT2D eigenvalue weighted by Crippen LogP contribution is 2.32. The quantitative estimate of drug-likeness (QED) is 0.822. The zero-order valence-electron chi connectivity index (χ0n) is 7.30. The van der Waals surface area contributed by atoms with Crippen molar-refractivity contribution < 1.29 is 0 Å². The molecule has 68 valence electrons. The first kappa shape index (κ1) is 9.96. The van der Waals surface area contributed by atoms with Gasteiger partial charge in [0.2, 0.25) is 0 Å². The van der Waals surface area contributed by atoms with Crippen molar-refractivity contribution in [1.29, 1.82) is 0 Å². The van der Waals surface area contributed by atoms with Gasteiger partial charge >= 0.3 is 0 Å². The van der Waals surface area contributed by atoms with Crippen molar-refractivity contribution in [1.82, 2.24) is 4.98 Å². The fourth-order valence-electron chi connectivity index (χ4n) is 1.05. The lowest BCUT2D eigenvalue weighted by molar-refractivity contribution is 0.496. The molecule has 2 N–H and O–H groups in total. The van der Waals surface area contributed by atoms with Gasteiger partial charge in [-0.2, -0.15) is 0 Å². The normalized spacial score (nSPS) is 12.0. The molecule has 0 aromatic carbocycles. The van der Waals surface area contributed by atoms with Crippen molar-refractivity contribution in [2.24, 2.45) is 5.73 Å². The third-order valence-corrected chi connectivity index (χ3v) is 3.39. The highest BCUT2D eigenvalue weighted by molar-refractivity contribution is 7.15. The van der Waals surface area contributed by atoms with Crippen LogP contribution in [0.1, 0.15) is 25.1 Å². The highest BCUT2D eigenvalue weighted by Gasteiger charge is 2.21. The third-order valence-electron chi connectivity index (χ3n) is 1.91. The van der Waals surface area contributed by atoms with Crippen LogP contribution in [-0.2, 0) is 5.41 Å². The molecule has 1 aromatic heterocycles. The molecule has 1 rings (SSSR count). The van der Waals surface area contributed by atoms with Crippen LogP contribution in [0.4, 0.5) is 0 Å². The van der Waals surface area contributed by atoms with Crippen molar-refractivity contribution >= 4 is 22.9 Å². The second kappa shape index (κ2) is 3.73. The van der Waals surface area contributed by atoms with E-state index in [1.54, 1.807) is 0 Å². The van der Waals surface area contributed by atoms with E-state index in [4.69, 9.17) is 17.3 Å². The summed E-state index contributed by atoms with van der Waals surface area (Å²) in [6, 6.07) is 0. The van der Waals surface area contributed by atoms with Gasteiger partial charge in [-0.15, -0.1) is 11.3 Å². The first-order valence-electron chi connectivity index (χ1n) is 3.88. The van der Waals surface area contributed by atoms with Crippen LogP contribution in [0.5, 0.6) is 0 Å². The lowest BCUT2D eigenvalue weighted by Crippen LogP contribution is -2.20. The van der Waals surface area contributed by atoms with Crippen LogP contribution < -0.4 is 5.73 Å². The zero-order valence-corrected chi connectivity index (χ0v) is 8.87. The SMILES string of the molecule is CC(C)(CCN)c1cnc(Cl)s1.